The first-order valence-corrected chi connectivity index (χ1v) is 8.26. The molecule has 0 unspecified atom stereocenters. The SMILES string of the molecule is O=S(=O)(Cl)Cc1ccc(OC2CCOCC2)cc1. The fraction of sp³-hybridized carbons (Fsp3) is 0.500. The van der Waals surface area contributed by atoms with Gasteiger partial charge in [0, 0.05) is 23.5 Å². The number of hydrogen-bond donors (Lipinski definition) is 0. The Kier molecular flexibility index (Phi) is 4.48. The molecule has 18 heavy (non-hydrogen) atoms. The van der Waals surface area contributed by atoms with Gasteiger partial charge in [0.2, 0.25) is 9.05 Å². The van der Waals surface area contributed by atoms with Gasteiger partial charge in [-0.2, -0.15) is 0 Å². The molecule has 1 saturated heterocycles. The van der Waals surface area contributed by atoms with Crippen LogP contribution in [0.3, 0.4) is 0 Å². The first kappa shape index (κ1) is 13.6. The second kappa shape index (κ2) is 5.91. The summed E-state index contributed by atoms with van der Waals surface area (Å²) in [7, 11) is 1.69. The third-order valence-electron chi connectivity index (χ3n) is 2.73. The third-order valence-corrected chi connectivity index (χ3v) is 3.74. The molecule has 2 rings (SSSR count). The highest BCUT2D eigenvalue weighted by atomic mass is 35.7. The molecule has 0 radical (unpaired) electrons. The van der Waals surface area contributed by atoms with Crippen molar-refractivity contribution >= 4 is 19.7 Å². The maximum absolute atomic E-state index is 10.9. The summed E-state index contributed by atoms with van der Waals surface area (Å²) < 4.78 is 32.9. The Labute approximate surface area is 111 Å². The van der Waals surface area contributed by atoms with Crippen molar-refractivity contribution in [1.82, 2.24) is 0 Å². The highest BCUT2D eigenvalue weighted by Gasteiger charge is 2.15. The van der Waals surface area contributed by atoms with E-state index >= 15 is 0 Å². The lowest BCUT2D eigenvalue weighted by molar-refractivity contribution is 0.0255. The molecule has 0 bridgehead atoms. The maximum atomic E-state index is 10.9. The molecule has 100 valence electrons. The van der Waals surface area contributed by atoms with E-state index in [9.17, 15) is 8.42 Å². The highest BCUT2D eigenvalue weighted by molar-refractivity contribution is 8.13. The Hall–Kier alpha value is -0.780. The van der Waals surface area contributed by atoms with Crippen LogP contribution in [0.2, 0.25) is 0 Å². The Morgan fingerprint density at radius 3 is 2.39 bits per heavy atom. The van der Waals surface area contributed by atoms with Gasteiger partial charge in [-0.1, -0.05) is 12.1 Å². The third kappa shape index (κ3) is 4.48. The van der Waals surface area contributed by atoms with Gasteiger partial charge in [-0.25, -0.2) is 8.42 Å². The van der Waals surface area contributed by atoms with E-state index in [0.717, 1.165) is 31.8 Å². The van der Waals surface area contributed by atoms with Crippen LogP contribution in [0.5, 0.6) is 5.75 Å². The van der Waals surface area contributed by atoms with Crippen molar-refractivity contribution in [2.75, 3.05) is 13.2 Å². The minimum absolute atomic E-state index is 0.161. The molecular formula is C12H15ClO4S. The van der Waals surface area contributed by atoms with Crippen LogP contribution in [0.25, 0.3) is 0 Å². The number of ether oxygens (including phenoxy) is 2. The van der Waals surface area contributed by atoms with Gasteiger partial charge in [-0.05, 0) is 17.7 Å². The van der Waals surface area contributed by atoms with E-state index in [1.807, 2.05) is 0 Å². The molecule has 1 aromatic rings. The summed E-state index contributed by atoms with van der Waals surface area (Å²) in [6, 6.07) is 6.98. The van der Waals surface area contributed by atoms with Crippen LogP contribution in [0.4, 0.5) is 0 Å². The predicted octanol–water partition coefficient (Wildman–Crippen LogP) is 2.31. The van der Waals surface area contributed by atoms with E-state index in [1.54, 1.807) is 24.3 Å². The van der Waals surface area contributed by atoms with Crippen molar-refractivity contribution in [2.24, 2.45) is 0 Å². The van der Waals surface area contributed by atoms with Crippen molar-refractivity contribution < 1.29 is 17.9 Å². The number of halogens is 1. The van der Waals surface area contributed by atoms with Gasteiger partial charge in [0.1, 0.15) is 11.9 Å². The van der Waals surface area contributed by atoms with E-state index in [4.69, 9.17) is 20.2 Å². The average molecular weight is 291 g/mol. The molecule has 0 N–H and O–H groups in total. The van der Waals surface area contributed by atoms with Gasteiger partial charge in [-0.15, -0.1) is 0 Å². The molecule has 0 aromatic heterocycles. The second-order valence-corrected chi connectivity index (χ2v) is 7.03. The van der Waals surface area contributed by atoms with Crippen molar-refractivity contribution in [1.29, 1.82) is 0 Å². The normalized spacial score (nSPS) is 17.6. The molecule has 0 aliphatic carbocycles. The minimum atomic E-state index is -3.50. The molecule has 0 amide bonds. The molecule has 0 atom stereocenters. The quantitative estimate of drug-likeness (QED) is 0.799. The summed E-state index contributed by atoms with van der Waals surface area (Å²) in [6.07, 6.45) is 1.96. The van der Waals surface area contributed by atoms with Crippen LogP contribution in [0.1, 0.15) is 18.4 Å². The van der Waals surface area contributed by atoms with Gasteiger partial charge in [0.25, 0.3) is 0 Å². The highest BCUT2D eigenvalue weighted by Crippen LogP contribution is 2.19. The van der Waals surface area contributed by atoms with Crippen LogP contribution in [-0.2, 0) is 19.5 Å². The molecule has 1 aromatic carbocycles. The lowest BCUT2D eigenvalue weighted by Crippen LogP contribution is -2.25. The summed E-state index contributed by atoms with van der Waals surface area (Å²) in [5.41, 5.74) is 0.657. The monoisotopic (exact) mass is 290 g/mol. The van der Waals surface area contributed by atoms with Crippen molar-refractivity contribution in [3.8, 4) is 5.75 Å². The summed E-state index contributed by atoms with van der Waals surface area (Å²) in [5.74, 6) is 0.587. The average Bonchev–Trinajstić information content (AvgIpc) is 2.31. The van der Waals surface area contributed by atoms with E-state index in [-0.39, 0.29) is 11.9 Å². The Bertz CT molecular complexity index is 477. The summed E-state index contributed by atoms with van der Waals surface area (Å²) >= 11 is 0. The van der Waals surface area contributed by atoms with Gasteiger partial charge in [0.05, 0.1) is 19.0 Å². The molecule has 6 heteroatoms. The van der Waals surface area contributed by atoms with Crippen molar-refractivity contribution in [2.45, 2.75) is 24.7 Å². The Balaban J connectivity index is 1.94. The number of hydrogen-bond acceptors (Lipinski definition) is 4. The van der Waals surface area contributed by atoms with Crippen molar-refractivity contribution in [3.05, 3.63) is 29.8 Å². The summed E-state index contributed by atoms with van der Waals surface area (Å²) in [4.78, 5) is 0. The number of rotatable bonds is 4. The lowest BCUT2D eigenvalue weighted by atomic mass is 10.1. The molecule has 1 fully saturated rings. The lowest BCUT2D eigenvalue weighted by Gasteiger charge is -2.23. The maximum Gasteiger partial charge on any atom is 0.236 e. The minimum Gasteiger partial charge on any atom is -0.490 e. The predicted molar refractivity (Wildman–Crippen MR) is 69.4 cm³/mol. The molecule has 4 nitrogen and oxygen atoms in total. The zero-order valence-electron chi connectivity index (χ0n) is 9.84. The first-order valence-electron chi connectivity index (χ1n) is 5.78. The van der Waals surface area contributed by atoms with Crippen LogP contribution in [0, 0.1) is 0 Å². The first-order chi connectivity index (χ1) is 8.53. The topological polar surface area (TPSA) is 52.6 Å². The summed E-state index contributed by atoms with van der Waals surface area (Å²) in [6.45, 7) is 1.46. The van der Waals surface area contributed by atoms with E-state index < -0.39 is 9.05 Å². The van der Waals surface area contributed by atoms with Gasteiger partial charge < -0.3 is 9.47 Å². The molecular weight excluding hydrogens is 276 g/mol. The van der Waals surface area contributed by atoms with E-state index in [2.05, 4.69) is 0 Å². The molecule has 1 aliphatic rings. The Morgan fingerprint density at radius 1 is 1.22 bits per heavy atom. The molecule has 1 heterocycles. The molecule has 1 aliphatic heterocycles. The molecule has 0 spiro atoms. The second-order valence-electron chi connectivity index (χ2n) is 4.26. The smallest absolute Gasteiger partial charge is 0.236 e. The van der Waals surface area contributed by atoms with Crippen LogP contribution < -0.4 is 4.74 Å². The van der Waals surface area contributed by atoms with Crippen molar-refractivity contribution in [3.63, 3.8) is 0 Å². The van der Waals surface area contributed by atoms with Gasteiger partial charge in [-0.3, -0.25) is 0 Å². The largest absolute Gasteiger partial charge is 0.490 e. The van der Waals surface area contributed by atoms with Gasteiger partial charge >= 0.3 is 0 Å². The van der Waals surface area contributed by atoms with E-state index in [1.165, 1.54) is 0 Å². The van der Waals surface area contributed by atoms with Crippen LogP contribution in [0.15, 0.2) is 24.3 Å². The zero-order valence-corrected chi connectivity index (χ0v) is 11.4. The Morgan fingerprint density at radius 2 is 1.83 bits per heavy atom. The number of benzene rings is 1. The summed E-state index contributed by atoms with van der Waals surface area (Å²) in [5, 5.41) is 0. The van der Waals surface area contributed by atoms with Crippen LogP contribution in [-0.4, -0.2) is 27.7 Å². The fourth-order valence-electron chi connectivity index (χ4n) is 1.85. The molecule has 0 saturated carbocycles. The van der Waals surface area contributed by atoms with E-state index in [0.29, 0.717) is 5.56 Å². The van der Waals surface area contributed by atoms with Crippen LogP contribution >= 0.6 is 10.7 Å². The van der Waals surface area contributed by atoms with Gasteiger partial charge in [0.15, 0.2) is 0 Å². The zero-order chi connectivity index (χ0) is 13.0. The standard InChI is InChI=1S/C12H15ClO4S/c13-18(14,15)9-10-1-3-11(4-2-10)17-12-5-7-16-8-6-12/h1-4,12H,5-9H2. The fourth-order valence-corrected chi connectivity index (χ4v) is 2.82.